The maximum atomic E-state index is 11.6. The van der Waals surface area contributed by atoms with Crippen LogP contribution in [0.5, 0.6) is 5.75 Å². The number of rotatable bonds is 3. The minimum atomic E-state index is -0.302. The lowest BCUT2D eigenvalue weighted by Gasteiger charge is -2.22. The highest BCUT2D eigenvalue weighted by Gasteiger charge is 2.27. The fraction of sp³-hybridized carbons (Fsp3) is 0.524. The summed E-state index contributed by atoms with van der Waals surface area (Å²) in [4.78, 5) is 21.4. The van der Waals surface area contributed by atoms with E-state index in [1.807, 2.05) is 6.79 Å². The van der Waals surface area contributed by atoms with Crippen molar-refractivity contribution in [2.24, 2.45) is 17.1 Å². The Morgan fingerprint density at radius 3 is 2.33 bits per heavy atom. The molecule has 1 heterocycles. The molecule has 0 saturated carbocycles. The largest absolute Gasteiger partial charge is 0.508 e. The van der Waals surface area contributed by atoms with Gasteiger partial charge in [-0.25, -0.2) is 0 Å². The smallest absolute Gasteiger partial charge is 0.223 e. The Bertz CT molecular complexity index is 664. The second-order valence-corrected chi connectivity index (χ2v) is 8.06. The molecule has 1 fully saturated rings. The van der Waals surface area contributed by atoms with E-state index >= 15 is 0 Å². The third-order valence-electron chi connectivity index (χ3n) is 3.89. The average Bonchev–Trinajstić information content (AvgIpc) is 3.13. The number of β-amino-alcohol motifs (C(OH)–C–C–N with tert-alkyl or cyclic N) is 1. The zero-order valence-electron chi connectivity index (χ0n) is 18.2. The van der Waals surface area contributed by atoms with Crippen LogP contribution in [0.15, 0.2) is 12.1 Å². The molecule has 7 N–H and O–H groups in total. The van der Waals surface area contributed by atoms with Crippen molar-refractivity contribution in [2.75, 3.05) is 20.1 Å². The van der Waals surface area contributed by atoms with Gasteiger partial charge in [0.25, 0.3) is 0 Å². The fourth-order valence-electron chi connectivity index (χ4n) is 2.59. The number of phenols is 1. The average molecular weight is 443 g/mol. The van der Waals surface area contributed by atoms with Crippen LogP contribution in [0.2, 0.25) is 5.02 Å². The van der Waals surface area contributed by atoms with Crippen LogP contribution in [-0.4, -0.2) is 54.1 Å². The lowest BCUT2D eigenvalue weighted by atomic mass is 9.92. The highest BCUT2D eigenvalue weighted by Crippen LogP contribution is 2.27. The Morgan fingerprint density at radius 1 is 1.40 bits per heavy atom. The van der Waals surface area contributed by atoms with Crippen molar-refractivity contribution in [2.45, 2.75) is 46.3 Å². The number of nitrogens with two attached hydrogens (primary N) is 2. The molecule has 30 heavy (non-hydrogen) atoms. The van der Waals surface area contributed by atoms with Crippen molar-refractivity contribution in [3.63, 3.8) is 0 Å². The zero-order valence-corrected chi connectivity index (χ0v) is 19.0. The molecular formula is C21H35ClN4O4. The molecule has 1 aliphatic heterocycles. The summed E-state index contributed by atoms with van der Waals surface area (Å²) in [6.07, 6.45) is 6.18. The number of hydrogen-bond acceptors (Lipinski definition) is 7. The lowest BCUT2D eigenvalue weighted by Crippen LogP contribution is -2.32. The van der Waals surface area contributed by atoms with Crippen LogP contribution in [0.25, 0.3) is 0 Å². The molecule has 1 aromatic carbocycles. The minimum absolute atomic E-state index is 0.0463. The number of carbonyl (C=O) groups excluding carboxylic acids is 2. The van der Waals surface area contributed by atoms with Crippen molar-refractivity contribution < 1.29 is 19.8 Å². The molecule has 0 bridgehead atoms. The molecule has 1 aromatic rings. The number of carbonyl (C=O) groups is 2. The van der Waals surface area contributed by atoms with Crippen LogP contribution >= 0.6 is 11.6 Å². The molecule has 0 aromatic heterocycles. The van der Waals surface area contributed by atoms with Gasteiger partial charge in [0.1, 0.15) is 12.5 Å². The number of benzene rings is 1. The summed E-state index contributed by atoms with van der Waals surface area (Å²) in [6, 6.07) is 3.19. The maximum Gasteiger partial charge on any atom is 0.223 e. The highest BCUT2D eigenvalue weighted by molar-refractivity contribution is 6.31. The maximum absolute atomic E-state index is 11.6. The quantitative estimate of drug-likeness (QED) is 0.270. The van der Waals surface area contributed by atoms with Crippen molar-refractivity contribution >= 4 is 24.3 Å². The van der Waals surface area contributed by atoms with Gasteiger partial charge in [0, 0.05) is 42.2 Å². The Kier molecular flexibility index (Phi) is 15.7. The number of phenolic OH excluding ortho intramolecular Hbond substituents is 1. The first-order valence-electron chi connectivity index (χ1n) is 9.28. The number of amides is 1. The topological polar surface area (TPSA) is 142 Å². The number of likely N-dealkylation sites (tertiary alicyclic amines) is 1. The van der Waals surface area contributed by atoms with Crippen LogP contribution < -0.4 is 17.0 Å². The van der Waals surface area contributed by atoms with Crippen LogP contribution in [0, 0.1) is 17.8 Å². The number of terminal acetylenes is 1. The zero-order chi connectivity index (χ0) is 23.9. The van der Waals surface area contributed by atoms with Crippen molar-refractivity contribution in [3.05, 3.63) is 28.3 Å². The van der Waals surface area contributed by atoms with E-state index in [0.29, 0.717) is 35.7 Å². The molecule has 170 valence electrons. The first kappa shape index (κ1) is 30.0. The van der Waals surface area contributed by atoms with E-state index in [1.54, 1.807) is 18.0 Å². The monoisotopic (exact) mass is 442 g/mol. The van der Waals surface area contributed by atoms with Gasteiger partial charge in [0.15, 0.2) is 0 Å². The number of aliphatic hydroxyl groups is 1. The van der Waals surface area contributed by atoms with Crippen molar-refractivity contribution in [1.29, 1.82) is 0 Å². The molecular weight excluding hydrogens is 408 g/mol. The molecule has 0 aliphatic carbocycles. The Morgan fingerprint density at radius 2 is 1.97 bits per heavy atom. The fourth-order valence-corrected chi connectivity index (χ4v) is 2.87. The SMILES string of the molecule is C#Cc1cc(O)c(CNC)c(Cl)c1.C=O.CC(C)(C)CC(=O)N1CCC(O)C1.NN. The standard InChI is InChI=1S/C10H10ClNO.C10H19NO2.CH2O.H4N2/c1-3-7-4-9(11)8(6-12-2)10(13)5-7;1-10(2,3)6-9(13)11-5-4-8(12)7-11;2*1-2/h1,4-5,12-13H,6H2,2H3;8,12H,4-7H2,1-3H3;1H2;1-2H2. The summed E-state index contributed by atoms with van der Waals surface area (Å²) in [6.45, 7) is 9.92. The third kappa shape index (κ3) is 11.8. The summed E-state index contributed by atoms with van der Waals surface area (Å²) in [7, 11) is 1.78. The van der Waals surface area contributed by atoms with E-state index in [4.69, 9.17) is 22.8 Å². The minimum Gasteiger partial charge on any atom is -0.508 e. The molecule has 0 radical (unpaired) electrons. The molecule has 2 rings (SSSR count). The molecule has 1 atom stereocenters. The normalized spacial score (nSPS) is 14.8. The van der Waals surface area contributed by atoms with E-state index in [-0.39, 0.29) is 23.2 Å². The van der Waals surface area contributed by atoms with Gasteiger partial charge in [-0.15, -0.1) is 6.42 Å². The molecule has 0 spiro atoms. The number of hydrogen-bond donors (Lipinski definition) is 5. The molecule has 1 aliphatic rings. The van der Waals surface area contributed by atoms with E-state index in [1.165, 1.54) is 6.07 Å². The van der Waals surface area contributed by atoms with E-state index in [2.05, 4.69) is 43.7 Å². The summed E-state index contributed by atoms with van der Waals surface area (Å²) in [5.74, 6) is 10.7. The predicted octanol–water partition coefficient (Wildman–Crippen LogP) is 1.40. The molecule has 9 heteroatoms. The van der Waals surface area contributed by atoms with Crippen LogP contribution in [0.1, 0.15) is 44.7 Å². The Hall–Kier alpha value is -2.15. The number of aromatic hydroxyl groups is 1. The second kappa shape index (κ2) is 15.7. The molecule has 8 nitrogen and oxygen atoms in total. The van der Waals surface area contributed by atoms with Gasteiger partial charge in [-0.3, -0.25) is 16.5 Å². The van der Waals surface area contributed by atoms with Gasteiger partial charge >= 0.3 is 0 Å². The van der Waals surface area contributed by atoms with Gasteiger partial charge in [0.05, 0.1) is 6.10 Å². The van der Waals surface area contributed by atoms with Gasteiger partial charge < -0.3 is 25.2 Å². The Labute approximate surface area is 184 Å². The van der Waals surface area contributed by atoms with Gasteiger partial charge in [-0.1, -0.05) is 38.3 Å². The lowest BCUT2D eigenvalue weighted by molar-refractivity contribution is -0.132. The molecule has 1 amide bonds. The molecule has 1 unspecified atom stereocenters. The first-order chi connectivity index (χ1) is 14.1. The van der Waals surface area contributed by atoms with E-state index < -0.39 is 0 Å². The molecule has 1 saturated heterocycles. The van der Waals surface area contributed by atoms with Gasteiger partial charge in [-0.2, -0.15) is 0 Å². The van der Waals surface area contributed by atoms with Crippen molar-refractivity contribution in [1.82, 2.24) is 10.2 Å². The van der Waals surface area contributed by atoms with E-state index in [9.17, 15) is 15.0 Å². The number of halogens is 1. The Balaban J connectivity index is 0. The van der Waals surface area contributed by atoms with Gasteiger partial charge in [0.2, 0.25) is 5.91 Å². The van der Waals surface area contributed by atoms with Crippen LogP contribution in [0.4, 0.5) is 0 Å². The summed E-state index contributed by atoms with van der Waals surface area (Å²) >= 11 is 5.90. The number of nitrogens with one attached hydrogen (secondary N) is 1. The summed E-state index contributed by atoms with van der Waals surface area (Å²) in [5, 5.41) is 22.2. The van der Waals surface area contributed by atoms with Gasteiger partial charge in [-0.05, 0) is 31.0 Å². The highest BCUT2D eigenvalue weighted by atomic mass is 35.5. The third-order valence-corrected chi connectivity index (χ3v) is 4.23. The summed E-state index contributed by atoms with van der Waals surface area (Å²) in [5.41, 5.74) is 1.30. The van der Waals surface area contributed by atoms with Crippen molar-refractivity contribution in [3.8, 4) is 18.1 Å². The van der Waals surface area contributed by atoms with Crippen LogP contribution in [-0.2, 0) is 16.1 Å². The number of hydrazine groups is 1. The summed E-state index contributed by atoms with van der Waals surface area (Å²) < 4.78 is 0. The predicted molar refractivity (Wildman–Crippen MR) is 121 cm³/mol. The van der Waals surface area contributed by atoms with E-state index in [0.717, 1.165) is 13.0 Å². The second-order valence-electron chi connectivity index (χ2n) is 7.65. The number of nitrogens with zero attached hydrogens (tertiary/aromatic N) is 1. The number of aliphatic hydroxyl groups excluding tert-OH is 1. The van der Waals surface area contributed by atoms with Crippen LogP contribution in [0.3, 0.4) is 0 Å². The first-order valence-corrected chi connectivity index (χ1v) is 9.66.